The van der Waals surface area contributed by atoms with Crippen LogP contribution in [0, 0.1) is 25.6 Å². The number of rotatable bonds is 13. The molecule has 0 unspecified atom stereocenters. The fourth-order valence-electron chi connectivity index (χ4n) is 6.35. The van der Waals surface area contributed by atoms with Gasteiger partial charge < -0.3 is 20.3 Å². The molecule has 0 radical (unpaired) electrons. The van der Waals surface area contributed by atoms with Crippen molar-refractivity contribution in [3.05, 3.63) is 87.2 Å². The predicted molar refractivity (Wildman–Crippen MR) is 181 cm³/mol. The predicted octanol–water partition coefficient (Wildman–Crippen LogP) is 4.29. The van der Waals surface area contributed by atoms with Crippen molar-refractivity contribution in [3.8, 4) is 11.1 Å². The van der Waals surface area contributed by atoms with Crippen LogP contribution in [0.5, 0.6) is 0 Å². The Morgan fingerprint density at radius 3 is 2.47 bits per heavy atom. The SMILES string of the molecule is Cc1cc(-c2c(C)ccc3nn(C)cc23)cc([C@H](CC(=O)O)NC(=O)[C@H](CC(C)C)NC(=O)c2cccn(CCN3CC(F)C3)c2=O)c1F. The van der Waals surface area contributed by atoms with Gasteiger partial charge in [0.1, 0.15) is 23.6 Å². The van der Waals surface area contributed by atoms with E-state index >= 15 is 4.39 Å². The molecule has 0 saturated carbocycles. The van der Waals surface area contributed by atoms with Gasteiger partial charge in [0.25, 0.3) is 11.5 Å². The molecule has 3 N–H and O–H groups in total. The highest BCUT2D eigenvalue weighted by Crippen LogP contribution is 2.35. The zero-order chi connectivity index (χ0) is 35.6. The van der Waals surface area contributed by atoms with Crippen molar-refractivity contribution in [3.63, 3.8) is 0 Å². The van der Waals surface area contributed by atoms with Gasteiger partial charge in [-0.25, -0.2) is 8.78 Å². The monoisotopic (exact) mass is 676 g/mol. The molecule has 1 saturated heterocycles. The van der Waals surface area contributed by atoms with Gasteiger partial charge >= 0.3 is 5.97 Å². The van der Waals surface area contributed by atoms with Gasteiger partial charge in [0.2, 0.25) is 5.91 Å². The zero-order valence-corrected chi connectivity index (χ0v) is 28.3. The number of likely N-dealkylation sites (tertiary alicyclic amines) is 1. The van der Waals surface area contributed by atoms with Crippen LogP contribution in [0.3, 0.4) is 0 Å². The van der Waals surface area contributed by atoms with Gasteiger partial charge in [0.15, 0.2) is 0 Å². The van der Waals surface area contributed by atoms with Crippen molar-refractivity contribution in [1.82, 2.24) is 29.9 Å². The summed E-state index contributed by atoms with van der Waals surface area (Å²) < 4.78 is 32.1. The Morgan fingerprint density at radius 2 is 1.80 bits per heavy atom. The topological polar surface area (TPSA) is 139 Å². The number of aryl methyl sites for hydroxylation is 3. The van der Waals surface area contributed by atoms with Gasteiger partial charge in [-0.15, -0.1) is 0 Å². The minimum absolute atomic E-state index is 0.00658. The number of nitrogens with zero attached hydrogens (tertiary/aromatic N) is 4. The van der Waals surface area contributed by atoms with Gasteiger partial charge in [0.05, 0.1) is 18.0 Å². The average Bonchev–Trinajstić information content (AvgIpc) is 3.39. The Balaban J connectivity index is 1.42. The summed E-state index contributed by atoms with van der Waals surface area (Å²) in [4.78, 5) is 54.3. The van der Waals surface area contributed by atoms with E-state index in [9.17, 15) is 28.7 Å². The maximum atomic E-state index is 15.9. The van der Waals surface area contributed by atoms with E-state index in [1.807, 2.05) is 44.0 Å². The first-order valence-corrected chi connectivity index (χ1v) is 16.3. The van der Waals surface area contributed by atoms with E-state index in [1.54, 1.807) is 43.0 Å². The Kier molecular flexibility index (Phi) is 10.6. The van der Waals surface area contributed by atoms with Crippen LogP contribution in [0.15, 0.2) is 53.6 Å². The Morgan fingerprint density at radius 1 is 1.06 bits per heavy atom. The lowest BCUT2D eigenvalue weighted by atomic mass is 9.91. The van der Waals surface area contributed by atoms with Crippen molar-refractivity contribution < 1.29 is 28.3 Å². The van der Waals surface area contributed by atoms with Crippen molar-refractivity contribution in [2.24, 2.45) is 13.0 Å². The number of aliphatic carboxylic acids is 1. The average molecular weight is 677 g/mol. The number of benzene rings is 2. The van der Waals surface area contributed by atoms with Crippen LogP contribution in [-0.4, -0.2) is 74.0 Å². The highest BCUT2D eigenvalue weighted by molar-refractivity contribution is 5.98. The molecule has 2 atom stereocenters. The molecular weight excluding hydrogens is 634 g/mol. The Hall–Kier alpha value is -4.91. The number of carbonyl (C=O) groups is 3. The van der Waals surface area contributed by atoms with Crippen LogP contribution in [-0.2, 0) is 23.2 Å². The van der Waals surface area contributed by atoms with Crippen LogP contribution in [0.25, 0.3) is 22.0 Å². The summed E-state index contributed by atoms with van der Waals surface area (Å²) in [6.45, 7) is 8.52. The van der Waals surface area contributed by atoms with E-state index in [-0.39, 0.29) is 35.6 Å². The molecule has 2 aromatic heterocycles. The Labute approximate surface area is 282 Å². The summed E-state index contributed by atoms with van der Waals surface area (Å²) in [6, 6.07) is 7.53. The van der Waals surface area contributed by atoms with E-state index in [0.29, 0.717) is 25.2 Å². The van der Waals surface area contributed by atoms with Crippen molar-refractivity contribution in [2.45, 2.75) is 65.3 Å². The number of carbonyl (C=O) groups excluding carboxylic acids is 2. The number of aromatic nitrogens is 3. The molecule has 2 aromatic carbocycles. The summed E-state index contributed by atoms with van der Waals surface area (Å²) in [5, 5.41) is 20.5. The number of fused-ring (bicyclic) bond motifs is 1. The molecule has 1 aliphatic heterocycles. The zero-order valence-electron chi connectivity index (χ0n) is 28.3. The van der Waals surface area contributed by atoms with Crippen LogP contribution in [0.2, 0.25) is 0 Å². The Bertz CT molecular complexity index is 1950. The second-order valence-corrected chi connectivity index (χ2v) is 13.3. The number of hydrogen-bond donors (Lipinski definition) is 3. The molecule has 11 nitrogen and oxygen atoms in total. The summed E-state index contributed by atoms with van der Waals surface area (Å²) >= 11 is 0. The molecule has 4 aromatic rings. The lowest BCUT2D eigenvalue weighted by Gasteiger charge is -2.34. The smallest absolute Gasteiger partial charge is 0.305 e. The van der Waals surface area contributed by atoms with Crippen molar-refractivity contribution in [2.75, 3.05) is 19.6 Å². The van der Waals surface area contributed by atoms with Crippen LogP contribution in [0.1, 0.15) is 59.8 Å². The molecule has 1 fully saturated rings. The van der Waals surface area contributed by atoms with Gasteiger partial charge in [-0.3, -0.25) is 28.8 Å². The molecule has 0 aliphatic carbocycles. The molecule has 260 valence electrons. The third-order valence-corrected chi connectivity index (χ3v) is 8.82. The number of carboxylic acids is 1. The molecule has 1 aliphatic rings. The largest absolute Gasteiger partial charge is 0.481 e. The minimum Gasteiger partial charge on any atom is -0.481 e. The molecule has 3 heterocycles. The van der Waals surface area contributed by atoms with Crippen LogP contribution >= 0.6 is 0 Å². The first kappa shape index (κ1) is 35.4. The molecule has 5 rings (SSSR count). The number of carboxylic acid groups (broad SMARTS) is 1. The second kappa shape index (κ2) is 14.7. The fraction of sp³-hybridized carbons (Fsp3) is 0.417. The summed E-state index contributed by atoms with van der Waals surface area (Å²) in [5.74, 6) is -3.47. The molecule has 0 bridgehead atoms. The summed E-state index contributed by atoms with van der Waals surface area (Å²) in [5.41, 5.74) is 2.63. The standard InChI is InChI=1S/C36H42F2N6O5/c1-20(2)13-30(40-34(47)25-7-6-10-44(36(25)49)12-11-43-17-24(37)18-43)35(48)39-29(16-31(45)46)26-15-23(14-22(4)33(26)38)32-21(3)8-9-28-27(32)19-42(5)41-28/h6-10,14-15,19-20,24,29-30H,11-13,16-18H2,1-5H3,(H,39,48)(H,40,47)(H,45,46)/t29-,30-/m0/s1. The maximum Gasteiger partial charge on any atom is 0.305 e. The number of amides is 2. The van der Waals surface area contributed by atoms with E-state index < -0.39 is 53.8 Å². The number of alkyl halides is 1. The third-order valence-electron chi connectivity index (χ3n) is 8.82. The first-order chi connectivity index (χ1) is 23.2. The second-order valence-electron chi connectivity index (χ2n) is 13.3. The highest BCUT2D eigenvalue weighted by atomic mass is 19.1. The highest BCUT2D eigenvalue weighted by Gasteiger charge is 2.30. The van der Waals surface area contributed by atoms with E-state index in [0.717, 1.165) is 22.0 Å². The number of halogens is 2. The van der Waals surface area contributed by atoms with Gasteiger partial charge in [-0.05, 0) is 78.8 Å². The van der Waals surface area contributed by atoms with E-state index in [4.69, 9.17) is 0 Å². The first-order valence-electron chi connectivity index (χ1n) is 16.3. The van der Waals surface area contributed by atoms with Gasteiger partial charge in [-0.2, -0.15) is 5.10 Å². The molecule has 0 spiro atoms. The lowest BCUT2D eigenvalue weighted by Crippen LogP contribution is -2.50. The number of nitrogens with one attached hydrogen (secondary N) is 2. The van der Waals surface area contributed by atoms with E-state index in [2.05, 4.69) is 15.7 Å². The summed E-state index contributed by atoms with van der Waals surface area (Å²) in [7, 11) is 1.80. The molecule has 13 heteroatoms. The number of hydrogen-bond acceptors (Lipinski definition) is 6. The normalized spacial score (nSPS) is 14.9. The third kappa shape index (κ3) is 8.05. The van der Waals surface area contributed by atoms with Gasteiger partial charge in [-0.1, -0.05) is 19.9 Å². The number of pyridine rings is 1. The van der Waals surface area contributed by atoms with Crippen LogP contribution < -0.4 is 16.2 Å². The van der Waals surface area contributed by atoms with Crippen molar-refractivity contribution >= 4 is 28.7 Å². The lowest BCUT2D eigenvalue weighted by molar-refractivity contribution is -0.137. The quantitative estimate of drug-likeness (QED) is 0.192. The molecule has 49 heavy (non-hydrogen) atoms. The van der Waals surface area contributed by atoms with Gasteiger partial charge in [0, 0.05) is 56.6 Å². The van der Waals surface area contributed by atoms with Crippen LogP contribution in [0.4, 0.5) is 8.78 Å². The fourth-order valence-corrected chi connectivity index (χ4v) is 6.35. The maximum absolute atomic E-state index is 15.9. The minimum atomic E-state index is -1.28. The molecular formula is C36H42F2N6O5. The molecule has 2 amide bonds. The summed E-state index contributed by atoms with van der Waals surface area (Å²) in [6.07, 6.45) is 2.08. The van der Waals surface area contributed by atoms with E-state index in [1.165, 1.54) is 10.6 Å². The van der Waals surface area contributed by atoms with Crippen molar-refractivity contribution in [1.29, 1.82) is 0 Å².